The molecular formula is C14H26N2O2. The van der Waals surface area contributed by atoms with Gasteiger partial charge in [0.2, 0.25) is 5.91 Å². The van der Waals surface area contributed by atoms with Gasteiger partial charge >= 0.3 is 0 Å². The lowest BCUT2D eigenvalue weighted by Crippen LogP contribution is -2.50. The Bertz CT molecular complexity index is 296. The minimum absolute atomic E-state index is 0.102. The monoisotopic (exact) mass is 254 g/mol. The van der Waals surface area contributed by atoms with E-state index in [1.54, 1.807) is 0 Å². The summed E-state index contributed by atoms with van der Waals surface area (Å²) >= 11 is 0. The van der Waals surface area contributed by atoms with Gasteiger partial charge in [-0.3, -0.25) is 4.79 Å². The van der Waals surface area contributed by atoms with Crippen LogP contribution in [-0.2, 0) is 9.53 Å². The summed E-state index contributed by atoms with van der Waals surface area (Å²) in [5.74, 6) is 0.365. The van der Waals surface area contributed by atoms with E-state index in [9.17, 15) is 4.79 Å². The predicted octanol–water partition coefficient (Wildman–Crippen LogP) is 1.45. The van der Waals surface area contributed by atoms with Crippen LogP contribution in [-0.4, -0.2) is 36.7 Å². The third-order valence-corrected chi connectivity index (χ3v) is 4.08. The number of rotatable bonds is 2. The molecule has 0 spiro atoms. The maximum Gasteiger partial charge on any atom is 0.224 e. The van der Waals surface area contributed by atoms with Crippen molar-refractivity contribution in [3.05, 3.63) is 0 Å². The molecule has 2 heterocycles. The lowest BCUT2D eigenvalue weighted by molar-refractivity contribution is -0.128. The molecule has 0 radical (unpaired) electrons. The summed E-state index contributed by atoms with van der Waals surface area (Å²) in [5, 5.41) is 6.58. The first-order chi connectivity index (χ1) is 8.46. The molecule has 4 heteroatoms. The van der Waals surface area contributed by atoms with Crippen LogP contribution in [0.25, 0.3) is 0 Å². The summed E-state index contributed by atoms with van der Waals surface area (Å²) in [6.45, 7) is 7.93. The Kier molecular flexibility index (Phi) is 4.28. The fourth-order valence-corrected chi connectivity index (χ4v) is 2.90. The maximum atomic E-state index is 12.2. The van der Waals surface area contributed by atoms with Gasteiger partial charge in [0.25, 0.3) is 0 Å². The van der Waals surface area contributed by atoms with E-state index in [2.05, 4.69) is 31.4 Å². The number of ether oxygens (including phenoxy) is 1. The zero-order chi connectivity index (χ0) is 13.2. The summed E-state index contributed by atoms with van der Waals surface area (Å²) in [4.78, 5) is 12.2. The second-order valence-corrected chi connectivity index (χ2v) is 6.39. The van der Waals surface area contributed by atoms with Crippen LogP contribution in [0.2, 0.25) is 0 Å². The Morgan fingerprint density at radius 2 is 2.11 bits per heavy atom. The van der Waals surface area contributed by atoms with E-state index >= 15 is 0 Å². The van der Waals surface area contributed by atoms with E-state index < -0.39 is 0 Å². The average Bonchev–Trinajstić information content (AvgIpc) is 2.28. The first kappa shape index (κ1) is 13.8. The molecule has 2 rings (SSSR count). The number of carbonyl (C=O) groups is 1. The topological polar surface area (TPSA) is 50.4 Å². The molecule has 3 unspecified atom stereocenters. The van der Waals surface area contributed by atoms with E-state index in [1.807, 2.05) is 0 Å². The molecule has 3 atom stereocenters. The number of hydrogen-bond acceptors (Lipinski definition) is 3. The van der Waals surface area contributed by atoms with Gasteiger partial charge in [0.1, 0.15) is 0 Å². The molecular weight excluding hydrogens is 228 g/mol. The summed E-state index contributed by atoms with van der Waals surface area (Å²) in [6.07, 6.45) is 3.95. The fourth-order valence-electron chi connectivity index (χ4n) is 2.90. The van der Waals surface area contributed by atoms with Crippen molar-refractivity contribution in [3.63, 3.8) is 0 Å². The Balaban J connectivity index is 1.80. The molecule has 0 aromatic heterocycles. The van der Waals surface area contributed by atoms with Crippen LogP contribution >= 0.6 is 0 Å². The quantitative estimate of drug-likeness (QED) is 0.784. The van der Waals surface area contributed by atoms with Gasteiger partial charge in [0.15, 0.2) is 0 Å². The maximum absolute atomic E-state index is 12.2. The molecule has 0 aromatic carbocycles. The SMILES string of the molecule is CC1CCC(C(=O)NC2CCOC(C)(C)C2)CN1. The van der Waals surface area contributed by atoms with E-state index in [0.29, 0.717) is 6.04 Å². The van der Waals surface area contributed by atoms with Crippen LogP contribution in [0.5, 0.6) is 0 Å². The normalized spacial score (nSPS) is 36.1. The molecule has 2 fully saturated rings. The van der Waals surface area contributed by atoms with E-state index in [4.69, 9.17) is 4.74 Å². The lowest BCUT2D eigenvalue weighted by Gasteiger charge is -2.37. The molecule has 0 saturated carbocycles. The Morgan fingerprint density at radius 3 is 2.72 bits per heavy atom. The van der Waals surface area contributed by atoms with Gasteiger partial charge in [-0.05, 0) is 46.5 Å². The van der Waals surface area contributed by atoms with Crippen molar-refractivity contribution in [1.82, 2.24) is 10.6 Å². The van der Waals surface area contributed by atoms with Crippen LogP contribution in [0.3, 0.4) is 0 Å². The van der Waals surface area contributed by atoms with E-state index in [0.717, 1.165) is 38.8 Å². The van der Waals surface area contributed by atoms with Gasteiger partial charge in [0.05, 0.1) is 11.5 Å². The molecule has 104 valence electrons. The van der Waals surface area contributed by atoms with Crippen molar-refractivity contribution in [1.29, 1.82) is 0 Å². The van der Waals surface area contributed by atoms with Gasteiger partial charge < -0.3 is 15.4 Å². The Hall–Kier alpha value is -0.610. The molecule has 1 amide bonds. The van der Waals surface area contributed by atoms with Crippen LogP contribution in [0, 0.1) is 5.92 Å². The van der Waals surface area contributed by atoms with Crippen molar-refractivity contribution in [2.45, 2.75) is 64.1 Å². The highest BCUT2D eigenvalue weighted by Crippen LogP contribution is 2.24. The van der Waals surface area contributed by atoms with E-state index in [1.165, 1.54) is 0 Å². The highest BCUT2D eigenvalue weighted by Gasteiger charge is 2.31. The third-order valence-electron chi connectivity index (χ3n) is 4.08. The van der Waals surface area contributed by atoms with Crippen molar-refractivity contribution in [2.24, 2.45) is 5.92 Å². The van der Waals surface area contributed by atoms with Gasteiger partial charge in [-0.15, -0.1) is 0 Å². The molecule has 2 aliphatic rings. The molecule has 4 nitrogen and oxygen atoms in total. The average molecular weight is 254 g/mol. The summed E-state index contributed by atoms with van der Waals surface area (Å²) in [6, 6.07) is 0.830. The fraction of sp³-hybridized carbons (Fsp3) is 0.929. The Labute approximate surface area is 110 Å². The van der Waals surface area contributed by atoms with Gasteiger partial charge in [-0.25, -0.2) is 0 Å². The molecule has 0 bridgehead atoms. The molecule has 2 N–H and O–H groups in total. The van der Waals surface area contributed by atoms with Gasteiger partial charge in [-0.1, -0.05) is 0 Å². The number of amides is 1. The number of carbonyl (C=O) groups excluding carboxylic acids is 1. The first-order valence-corrected chi connectivity index (χ1v) is 7.14. The van der Waals surface area contributed by atoms with Gasteiger partial charge in [0, 0.05) is 25.2 Å². The number of nitrogens with one attached hydrogen (secondary N) is 2. The molecule has 0 aliphatic carbocycles. The molecule has 18 heavy (non-hydrogen) atoms. The predicted molar refractivity (Wildman–Crippen MR) is 71.4 cm³/mol. The summed E-state index contributed by atoms with van der Waals surface area (Å²) in [5.41, 5.74) is -0.102. The number of piperidine rings is 1. The summed E-state index contributed by atoms with van der Waals surface area (Å²) in [7, 11) is 0. The largest absolute Gasteiger partial charge is 0.375 e. The highest BCUT2D eigenvalue weighted by atomic mass is 16.5. The van der Waals surface area contributed by atoms with Crippen molar-refractivity contribution in [2.75, 3.05) is 13.2 Å². The summed E-state index contributed by atoms with van der Waals surface area (Å²) < 4.78 is 5.67. The smallest absolute Gasteiger partial charge is 0.224 e. The number of hydrogen-bond donors (Lipinski definition) is 2. The first-order valence-electron chi connectivity index (χ1n) is 7.14. The zero-order valence-electron chi connectivity index (χ0n) is 11.8. The van der Waals surface area contributed by atoms with Crippen LogP contribution < -0.4 is 10.6 Å². The van der Waals surface area contributed by atoms with Crippen molar-refractivity contribution in [3.8, 4) is 0 Å². The minimum Gasteiger partial charge on any atom is -0.375 e. The third kappa shape index (κ3) is 3.69. The molecule has 2 aliphatic heterocycles. The second-order valence-electron chi connectivity index (χ2n) is 6.39. The van der Waals surface area contributed by atoms with Gasteiger partial charge in [-0.2, -0.15) is 0 Å². The molecule has 0 aromatic rings. The minimum atomic E-state index is -0.102. The Morgan fingerprint density at radius 1 is 1.33 bits per heavy atom. The second kappa shape index (κ2) is 5.57. The lowest BCUT2D eigenvalue weighted by atomic mass is 9.91. The van der Waals surface area contributed by atoms with Crippen LogP contribution in [0.4, 0.5) is 0 Å². The van der Waals surface area contributed by atoms with Crippen LogP contribution in [0.1, 0.15) is 46.5 Å². The van der Waals surface area contributed by atoms with E-state index in [-0.39, 0.29) is 23.5 Å². The zero-order valence-corrected chi connectivity index (χ0v) is 11.8. The standard InChI is InChI=1S/C14H26N2O2/c1-10-4-5-11(9-15-10)13(17)16-12-6-7-18-14(2,3)8-12/h10-12,15H,4-9H2,1-3H3,(H,16,17). The van der Waals surface area contributed by atoms with Crippen molar-refractivity contribution < 1.29 is 9.53 Å². The highest BCUT2D eigenvalue weighted by molar-refractivity contribution is 5.79. The molecule has 2 saturated heterocycles. The van der Waals surface area contributed by atoms with Crippen molar-refractivity contribution >= 4 is 5.91 Å². The van der Waals surface area contributed by atoms with Crippen LogP contribution in [0.15, 0.2) is 0 Å².